The normalized spacial score (nSPS) is 11.6. The molecule has 0 bridgehead atoms. The van der Waals surface area contributed by atoms with Crippen LogP contribution < -0.4 is 0 Å². The van der Waals surface area contributed by atoms with Crippen molar-refractivity contribution in [3.05, 3.63) is 181 Å². The summed E-state index contributed by atoms with van der Waals surface area (Å²) in [6.07, 6.45) is 0. The van der Waals surface area contributed by atoms with Crippen molar-refractivity contribution < 1.29 is 0 Å². The highest BCUT2D eigenvalue weighted by atomic mass is 14.2. The van der Waals surface area contributed by atoms with Crippen LogP contribution in [0.4, 0.5) is 0 Å². The molecule has 230 valence electrons. The van der Waals surface area contributed by atoms with Gasteiger partial charge in [-0.3, -0.25) is 0 Å². The summed E-state index contributed by atoms with van der Waals surface area (Å²) in [4.78, 5) is 0. The number of fused-ring (bicyclic) bond motifs is 2. The molecule has 0 saturated heterocycles. The van der Waals surface area contributed by atoms with Gasteiger partial charge in [-0.2, -0.15) is 0 Å². The maximum Gasteiger partial charge on any atom is -0.00260 e. The van der Waals surface area contributed by atoms with Crippen LogP contribution in [-0.2, 0) is 5.41 Å². The molecule has 0 heteroatoms. The van der Waals surface area contributed by atoms with E-state index in [0.29, 0.717) is 0 Å². The monoisotopic (exact) mass is 614 g/mol. The molecule has 0 N–H and O–H groups in total. The number of benzene rings is 8. The van der Waals surface area contributed by atoms with E-state index in [0.717, 1.165) is 0 Å². The first kappa shape index (κ1) is 29.7. The third-order valence-electron chi connectivity index (χ3n) is 9.63. The summed E-state index contributed by atoms with van der Waals surface area (Å²) in [6, 6.07) is 64.5. The molecule has 0 spiro atoms. The van der Waals surface area contributed by atoms with Crippen LogP contribution in [0.15, 0.2) is 176 Å². The predicted molar refractivity (Wildman–Crippen MR) is 207 cm³/mol. The first-order chi connectivity index (χ1) is 23.4. The maximum atomic E-state index is 2.45. The average molecular weight is 615 g/mol. The fourth-order valence-corrected chi connectivity index (χ4v) is 7.07. The quantitative estimate of drug-likeness (QED) is 0.169. The molecule has 8 rings (SSSR count). The van der Waals surface area contributed by atoms with Gasteiger partial charge < -0.3 is 0 Å². The predicted octanol–water partition coefficient (Wildman–Crippen LogP) is 13.6. The van der Waals surface area contributed by atoms with Gasteiger partial charge in [0.05, 0.1) is 0 Å². The molecule has 0 aliphatic heterocycles. The Kier molecular flexibility index (Phi) is 7.50. The van der Waals surface area contributed by atoms with Crippen molar-refractivity contribution in [2.75, 3.05) is 0 Å². The van der Waals surface area contributed by atoms with Crippen LogP contribution in [0, 0.1) is 0 Å². The van der Waals surface area contributed by atoms with E-state index in [1.165, 1.54) is 82.7 Å². The third kappa shape index (κ3) is 5.50. The molecular weight excluding hydrogens is 577 g/mol. The van der Waals surface area contributed by atoms with E-state index >= 15 is 0 Å². The van der Waals surface area contributed by atoms with E-state index in [2.05, 4.69) is 197 Å². The Labute approximate surface area is 284 Å². The third-order valence-corrected chi connectivity index (χ3v) is 9.63. The lowest BCUT2D eigenvalue weighted by Crippen LogP contribution is -2.10. The highest BCUT2D eigenvalue weighted by molar-refractivity contribution is 6.22. The van der Waals surface area contributed by atoms with Gasteiger partial charge in [0.25, 0.3) is 0 Å². The fourth-order valence-electron chi connectivity index (χ4n) is 7.07. The largest absolute Gasteiger partial charge is 0.0622 e. The molecule has 8 aromatic carbocycles. The number of hydrogen-bond acceptors (Lipinski definition) is 0. The lowest BCUT2D eigenvalue weighted by Gasteiger charge is -2.23. The minimum atomic E-state index is 0.0148. The fraction of sp³-hybridized carbons (Fsp3) is 0.0833. The van der Waals surface area contributed by atoms with Gasteiger partial charge in [0.2, 0.25) is 0 Å². The van der Waals surface area contributed by atoms with Crippen LogP contribution in [0.2, 0.25) is 0 Å². The molecule has 0 aliphatic rings. The van der Waals surface area contributed by atoms with Gasteiger partial charge >= 0.3 is 0 Å². The molecule has 0 amide bonds. The zero-order valence-electron chi connectivity index (χ0n) is 27.7. The molecular formula is C48H38. The maximum absolute atomic E-state index is 2.45. The van der Waals surface area contributed by atoms with Gasteiger partial charge in [-0.05, 0) is 106 Å². The second kappa shape index (κ2) is 12.1. The van der Waals surface area contributed by atoms with Gasteiger partial charge in [0, 0.05) is 0 Å². The smallest absolute Gasteiger partial charge is 0.00260 e. The summed E-state index contributed by atoms with van der Waals surface area (Å²) in [7, 11) is 0. The standard InChI is InChI=1S/C48H38/c1-48(2,3)41-27-29-43-45(32-41)47(40-21-13-20-38(30-40)34-16-9-5-10-17-34)42-28-26-39(35-18-11-6-12-19-35)31-44(42)46(43)37-24-22-36(23-25-37)33-14-7-4-8-15-33/h4-32H,1-3H3. The Balaban J connectivity index is 1.46. The molecule has 0 radical (unpaired) electrons. The molecule has 0 saturated carbocycles. The zero-order valence-corrected chi connectivity index (χ0v) is 27.7. The van der Waals surface area contributed by atoms with E-state index in [4.69, 9.17) is 0 Å². The molecule has 0 fully saturated rings. The van der Waals surface area contributed by atoms with Crippen molar-refractivity contribution in [2.45, 2.75) is 26.2 Å². The van der Waals surface area contributed by atoms with Crippen LogP contribution in [0.1, 0.15) is 26.3 Å². The van der Waals surface area contributed by atoms with E-state index in [-0.39, 0.29) is 5.41 Å². The summed E-state index contributed by atoms with van der Waals surface area (Å²) < 4.78 is 0. The summed E-state index contributed by atoms with van der Waals surface area (Å²) >= 11 is 0. The summed E-state index contributed by atoms with van der Waals surface area (Å²) in [5, 5.41) is 5.09. The zero-order chi connectivity index (χ0) is 32.7. The van der Waals surface area contributed by atoms with Gasteiger partial charge in [-0.1, -0.05) is 178 Å². The summed E-state index contributed by atoms with van der Waals surface area (Å²) in [6.45, 7) is 6.92. The Bertz CT molecular complexity index is 2380. The van der Waals surface area contributed by atoms with E-state index in [1.807, 2.05) is 0 Å². The van der Waals surface area contributed by atoms with E-state index in [1.54, 1.807) is 0 Å². The highest BCUT2D eigenvalue weighted by Gasteiger charge is 2.21. The van der Waals surface area contributed by atoms with Crippen LogP contribution in [0.3, 0.4) is 0 Å². The summed E-state index contributed by atoms with van der Waals surface area (Å²) in [5.74, 6) is 0. The molecule has 0 unspecified atom stereocenters. The minimum Gasteiger partial charge on any atom is -0.0622 e. The SMILES string of the molecule is CC(C)(C)c1ccc2c(-c3ccc(-c4ccccc4)cc3)c3cc(-c4ccccc4)ccc3c(-c3cccc(-c4ccccc4)c3)c2c1. The van der Waals surface area contributed by atoms with E-state index in [9.17, 15) is 0 Å². The molecule has 0 atom stereocenters. The van der Waals surface area contributed by atoms with Crippen molar-refractivity contribution in [3.8, 4) is 55.6 Å². The van der Waals surface area contributed by atoms with Gasteiger partial charge in [0.1, 0.15) is 0 Å². The van der Waals surface area contributed by atoms with Crippen LogP contribution in [-0.4, -0.2) is 0 Å². The Morgan fingerprint density at radius 1 is 0.271 bits per heavy atom. The van der Waals surface area contributed by atoms with E-state index < -0.39 is 0 Å². The second-order valence-corrected chi connectivity index (χ2v) is 13.8. The van der Waals surface area contributed by atoms with Crippen molar-refractivity contribution >= 4 is 21.5 Å². The van der Waals surface area contributed by atoms with Crippen molar-refractivity contribution in [2.24, 2.45) is 0 Å². The Morgan fingerprint density at radius 3 is 1.25 bits per heavy atom. The number of hydrogen-bond donors (Lipinski definition) is 0. The van der Waals surface area contributed by atoms with Gasteiger partial charge in [-0.25, -0.2) is 0 Å². The molecule has 0 heterocycles. The molecule has 0 aliphatic carbocycles. The average Bonchev–Trinajstić information content (AvgIpc) is 3.14. The second-order valence-electron chi connectivity index (χ2n) is 13.8. The minimum absolute atomic E-state index is 0.0148. The van der Waals surface area contributed by atoms with Crippen molar-refractivity contribution in [3.63, 3.8) is 0 Å². The Morgan fingerprint density at radius 2 is 0.667 bits per heavy atom. The molecule has 8 aromatic rings. The molecule has 0 nitrogen and oxygen atoms in total. The van der Waals surface area contributed by atoms with Crippen LogP contribution >= 0.6 is 0 Å². The van der Waals surface area contributed by atoms with Crippen LogP contribution in [0.5, 0.6) is 0 Å². The van der Waals surface area contributed by atoms with Crippen molar-refractivity contribution in [1.29, 1.82) is 0 Å². The summed E-state index contributed by atoms with van der Waals surface area (Å²) in [5.41, 5.74) is 13.7. The first-order valence-corrected chi connectivity index (χ1v) is 16.9. The Hall–Kier alpha value is -5.72. The number of rotatable bonds is 5. The van der Waals surface area contributed by atoms with Crippen LogP contribution in [0.25, 0.3) is 77.2 Å². The van der Waals surface area contributed by atoms with Gasteiger partial charge in [0.15, 0.2) is 0 Å². The first-order valence-electron chi connectivity index (χ1n) is 16.9. The lowest BCUT2D eigenvalue weighted by atomic mass is 9.80. The highest BCUT2D eigenvalue weighted by Crippen LogP contribution is 2.46. The van der Waals surface area contributed by atoms with Crippen molar-refractivity contribution in [1.82, 2.24) is 0 Å². The molecule has 0 aromatic heterocycles. The van der Waals surface area contributed by atoms with Gasteiger partial charge in [-0.15, -0.1) is 0 Å². The topological polar surface area (TPSA) is 0 Å². The lowest BCUT2D eigenvalue weighted by molar-refractivity contribution is 0.591. The molecule has 48 heavy (non-hydrogen) atoms.